The molecule has 0 saturated carbocycles. The average molecular weight is 415 g/mol. The second-order valence-electron chi connectivity index (χ2n) is 7.48. The largest absolute Gasteiger partial charge is 0.373 e. The lowest BCUT2D eigenvalue weighted by Gasteiger charge is -2.40. The van der Waals surface area contributed by atoms with E-state index < -0.39 is 10.0 Å². The van der Waals surface area contributed by atoms with Gasteiger partial charge in [0.05, 0.1) is 20.6 Å². The minimum absolute atomic E-state index is 0.174. The van der Waals surface area contributed by atoms with Crippen molar-refractivity contribution < 1.29 is 8.42 Å². The van der Waals surface area contributed by atoms with Crippen molar-refractivity contribution in [3.63, 3.8) is 0 Å². The van der Waals surface area contributed by atoms with E-state index in [1.165, 1.54) is 22.6 Å². The van der Waals surface area contributed by atoms with E-state index in [4.69, 9.17) is 0 Å². The molecular formula is C20H22N4O2S2. The summed E-state index contributed by atoms with van der Waals surface area (Å²) in [4.78, 5) is 9.28. The summed E-state index contributed by atoms with van der Waals surface area (Å²) in [6.45, 7) is 3.46. The van der Waals surface area contributed by atoms with Crippen molar-refractivity contribution in [3.05, 3.63) is 53.5 Å². The maximum Gasteiger partial charge on any atom is 0.243 e. The van der Waals surface area contributed by atoms with Crippen LogP contribution in [0.15, 0.2) is 52.9 Å². The third-order valence-corrected chi connectivity index (χ3v) is 8.42. The van der Waals surface area contributed by atoms with Crippen LogP contribution in [-0.2, 0) is 16.6 Å². The fraction of sp³-hybridized carbons (Fsp3) is 0.350. The van der Waals surface area contributed by atoms with Gasteiger partial charge in [-0.3, -0.25) is 4.90 Å². The standard InChI is InChI=1S/C20H22N4O2S2/c1-22-12-16-13-24(9-8-23(16)11-15-4-2-3-5-19(15)22)28(25,26)17-6-7-18-20(10-17)27-14-21-18/h2-7,10,14,16H,8-9,11-13H2,1H3. The van der Waals surface area contributed by atoms with E-state index in [9.17, 15) is 8.42 Å². The molecule has 2 aliphatic rings. The molecule has 3 aromatic rings. The second kappa shape index (κ2) is 6.81. The third-order valence-electron chi connectivity index (χ3n) is 5.77. The van der Waals surface area contributed by atoms with E-state index in [-0.39, 0.29) is 6.04 Å². The summed E-state index contributed by atoms with van der Waals surface area (Å²) in [5, 5.41) is 0. The lowest BCUT2D eigenvalue weighted by molar-refractivity contribution is 0.118. The molecule has 3 heterocycles. The van der Waals surface area contributed by atoms with Gasteiger partial charge < -0.3 is 4.90 Å². The minimum atomic E-state index is -3.51. The first-order chi connectivity index (χ1) is 13.5. The van der Waals surface area contributed by atoms with Crippen LogP contribution in [0.4, 0.5) is 5.69 Å². The van der Waals surface area contributed by atoms with Crippen LogP contribution in [0.25, 0.3) is 10.2 Å². The van der Waals surface area contributed by atoms with Gasteiger partial charge in [0, 0.05) is 51.5 Å². The molecule has 0 amide bonds. The first-order valence-electron chi connectivity index (χ1n) is 9.39. The predicted molar refractivity (Wildman–Crippen MR) is 112 cm³/mol. The zero-order chi connectivity index (χ0) is 19.3. The molecule has 1 saturated heterocycles. The van der Waals surface area contributed by atoms with E-state index >= 15 is 0 Å². The molecule has 146 valence electrons. The maximum absolute atomic E-state index is 13.3. The van der Waals surface area contributed by atoms with Crippen molar-refractivity contribution in [3.8, 4) is 0 Å². The number of nitrogens with zero attached hydrogens (tertiary/aromatic N) is 4. The van der Waals surface area contributed by atoms with Crippen LogP contribution in [0.5, 0.6) is 0 Å². The van der Waals surface area contributed by atoms with Crippen molar-refractivity contribution >= 4 is 37.3 Å². The van der Waals surface area contributed by atoms with Gasteiger partial charge in [0.1, 0.15) is 0 Å². The molecule has 1 atom stereocenters. The Hall–Kier alpha value is -2.00. The van der Waals surface area contributed by atoms with Gasteiger partial charge in [-0.2, -0.15) is 4.31 Å². The number of benzene rings is 2. The van der Waals surface area contributed by atoms with Crippen LogP contribution in [-0.4, -0.2) is 61.9 Å². The Labute approximate surface area is 169 Å². The third kappa shape index (κ3) is 3.00. The Morgan fingerprint density at radius 2 is 1.96 bits per heavy atom. The number of aromatic nitrogens is 1. The summed E-state index contributed by atoms with van der Waals surface area (Å²) in [5.41, 5.74) is 5.14. The maximum atomic E-state index is 13.3. The molecule has 0 spiro atoms. The number of fused-ring (bicyclic) bond motifs is 3. The van der Waals surface area contributed by atoms with Crippen LogP contribution >= 0.6 is 11.3 Å². The van der Waals surface area contributed by atoms with Gasteiger partial charge in [0.2, 0.25) is 10.0 Å². The van der Waals surface area contributed by atoms with E-state index in [1.54, 1.807) is 28.0 Å². The molecule has 6 nitrogen and oxygen atoms in total. The fourth-order valence-electron chi connectivity index (χ4n) is 4.26. The summed E-state index contributed by atoms with van der Waals surface area (Å²) >= 11 is 1.47. The molecule has 0 aliphatic carbocycles. The van der Waals surface area contributed by atoms with Crippen molar-refractivity contribution in [2.75, 3.05) is 38.1 Å². The van der Waals surface area contributed by atoms with E-state index in [0.717, 1.165) is 29.9 Å². The van der Waals surface area contributed by atoms with Gasteiger partial charge in [-0.15, -0.1) is 11.3 Å². The molecule has 2 aromatic carbocycles. The predicted octanol–water partition coefficient (Wildman–Crippen LogP) is 2.62. The molecule has 0 N–H and O–H groups in total. The summed E-state index contributed by atoms with van der Waals surface area (Å²) in [5.74, 6) is 0. The van der Waals surface area contributed by atoms with Crippen molar-refractivity contribution in [1.29, 1.82) is 0 Å². The molecule has 28 heavy (non-hydrogen) atoms. The second-order valence-corrected chi connectivity index (χ2v) is 10.3. The number of sulfonamides is 1. The number of hydrogen-bond acceptors (Lipinski definition) is 6. The smallest absolute Gasteiger partial charge is 0.243 e. The molecular weight excluding hydrogens is 392 g/mol. The van der Waals surface area contributed by atoms with Gasteiger partial charge in [0.15, 0.2) is 0 Å². The quantitative estimate of drug-likeness (QED) is 0.645. The summed E-state index contributed by atoms with van der Waals surface area (Å²) < 4.78 is 29.1. The van der Waals surface area contributed by atoms with E-state index in [0.29, 0.717) is 18.0 Å². The van der Waals surface area contributed by atoms with Crippen LogP contribution in [0.2, 0.25) is 0 Å². The SMILES string of the molecule is CN1CC2CN(S(=O)(=O)c3ccc4ncsc4c3)CCN2Cc2ccccc21. The van der Waals surface area contributed by atoms with Crippen molar-refractivity contribution in [1.82, 2.24) is 14.2 Å². The summed E-state index contributed by atoms with van der Waals surface area (Å²) in [6.07, 6.45) is 0. The highest BCUT2D eigenvalue weighted by atomic mass is 32.2. The van der Waals surface area contributed by atoms with Crippen LogP contribution in [0, 0.1) is 0 Å². The zero-order valence-corrected chi connectivity index (χ0v) is 17.3. The molecule has 1 unspecified atom stereocenters. The molecule has 1 aromatic heterocycles. The van der Waals surface area contributed by atoms with Gasteiger partial charge >= 0.3 is 0 Å². The highest BCUT2D eigenvalue weighted by molar-refractivity contribution is 7.89. The van der Waals surface area contributed by atoms with Gasteiger partial charge in [-0.05, 0) is 29.8 Å². The highest BCUT2D eigenvalue weighted by Crippen LogP contribution is 2.30. The number of likely N-dealkylation sites (N-methyl/N-ethyl adjacent to an activating group) is 1. The lowest BCUT2D eigenvalue weighted by Crippen LogP contribution is -2.56. The monoisotopic (exact) mass is 414 g/mol. The van der Waals surface area contributed by atoms with Crippen LogP contribution < -0.4 is 4.90 Å². The zero-order valence-electron chi connectivity index (χ0n) is 15.7. The Morgan fingerprint density at radius 1 is 1.11 bits per heavy atom. The Bertz CT molecular complexity index is 1130. The van der Waals surface area contributed by atoms with Crippen LogP contribution in [0.1, 0.15) is 5.56 Å². The van der Waals surface area contributed by atoms with Crippen LogP contribution in [0.3, 0.4) is 0 Å². The summed E-state index contributed by atoms with van der Waals surface area (Å²) in [6, 6.07) is 13.9. The normalized spacial score (nSPS) is 21.3. The van der Waals surface area contributed by atoms with Gasteiger partial charge in [-0.1, -0.05) is 18.2 Å². The van der Waals surface area contributed by atoms with E-state index in [1.807, 2.05) is 0 Å². The number of piperazine rings is 1. The van der Waals surface area contributed by atoms with Gasteiger partial charge in [0.25, 0.3) is 0 Å². The Kier molecular flexibility index (Phi) is 4.39. The fourth-order valence-corrected chi connectivity index (χ4v) is 6.55. The topological polar surface area (TPSA) is 56.8 Å². The molecule has 0 radical (unpaired) electrons. The molecule has 8 heteroatoms. The first kappa shape index (κ1) is 18.1. The Balaban J connectivity index is 1.42. The van der Waals surface area contributed by atoms with E-state index in [2.05, 4.69) is 46.1 Å². The van der Waals surface area contributed by atoms with Crippen molar-refractivity contribution in [2.45, 2.75) is 17.5 Å². The lowest BCUT2D eigenvalue weighted by atomic mass is 10.1. The average Bonchev–Trinajstić information content (AvgIpc) is 3.11. The minimum Gasteiger partial charge on any atom is -0.373 e. The van der Waals surface area contributed by atoms with Gasteiger partial charge in [-0.25, -0.2) is 13.4 Å². The number of rotatable bonds is 2. The van der Waals surface area contributed by atoms with Crippen molar-refractivity contribution in [2.24, 2.45) is 0 Å². The Morgan fingerprint density at radius 3 is 2.86 bits per heavy atom. The molecule has 2 aliphatic heterocycles. The first-order valence-corrected chi connectivity index (χ1v) is 11.7. The number of anilines is 1. The number of para-hydroxylation sites is 1. The molecule has 1 fully saturated rings. The molecule has 0 bridgehead atoms. The summed E-state index contributed by atoms with van der Waals surface area (Å²) in [7, 11) is -1.42. The number of thiazole rings is 1. The highest BCUT2D eigenvalue weighted by Gasteiger charge is 2.36. The number of hydrogen-bond donors (Lipinski definition) is 0. The molecule has 5 rings (SSSR count).